The van der Waals surface area contributed by atoms with Crippen LogP contribution in [0.5, 0.6) is 0 Å². The number of nitrogens with one attached hydrogen (secondary N) is 1. The fourth-order valence-corrected chi connectivity index (χ4v) is 3.23. The standard InChI is InChI=1S/C15H20ClFN2OS/c1-21-7-4-13(18)14(20)19-9-15(5-6-15)11-3-2-10(17)8-12(11)16/h2-3,8,13H,4-7,9,18H2,1H3,(H,19,20). The van der Waals surface area contributed by atoms with E-state index in [0.29, 0.717) is 18.0 Å². The molecular weight excluding hydrogens is 311 g/mol. The van der Waals surface area contributed by atoms with Gasteiger partial charge in [0.2, 0.25) is 5.91 Å². The van der Waals surface area contributed by atoms with Crippen molar-refractivity contribution < 1.29 is 9.18 Å². The Hall–Kier alpha value is -0.780. The molecule has 1 atom stereocenters. The molecule has 0 aromatic heterocycles. The van der Waals surface area contributed by atoms with E-state index >= 15 is 0 Å². The number of benzene rings is 1. The Morgan fingerprint density at radius 2 is 2.29 bits per heavy atom. The van der Waals surface area contributed by atoms with Crippen LogP contribution in [0.25, 0.3) is 0 Å². The highest BCUT2D eigenvalue weighted by Crippen LogP contribution is 2.50. The smallest absolute Gasteiger partial charge is 0.236 e. The summed E-state index contributed by atoms with van der Waals surface area (Å²) in [6.45, 7) is 0.504. The van der Waals surface area contributed by atoms with E-state index in [-0.39, 0.29) is 17.1 Å². The molecule has 21 heavy (non-hydrogen) atoms. The Morgan fingerprint density at radius 3 is 2.86 bits per heavy atom. The molecule has 1 aliphatic carbocycles. The molecule has 2 rings (SSSR count). The van der Waals surface area contributed by atoms with E-state index in [2.05, 4.69) is 5.32 Å². The first-order chi connectivity index (χ1) is 9.98. The van der Waals surface area contributed by atoms with E-state index in [0.717, 1.165) is 24.2 Å². The summed E-state index contributed by atoms with van der Waals surface area (Å²) in [6.07, 6.45) is 4.54. The number of rotatable bonds is 7. The summed E-state index contributed by atoms with van der Waals surface area (Å²) in [7, 11) is 0. The second-order valence-electron chi connectivity index (χ2n) is 5.51. The van der Waals surface area contributed by atoms with Crippen molar-refractivity contribution in [2.24, 2.45) is 5.73 Å². The van der Waals surface area contributed by atoms with Gasteiger partial charge in [0.05, 0.1) is 6.04 Å². The zero-order valence-corrected chi connectivity index (χ0v) is 13.6. The van der Waals surface area contributed by atoms with Gasteiger partial charge in [0.1, 0.15) is 5.82 Å². The summed E-state index contributed by atoms with van der Waals surface area (Å²) in [5.74, 6) is 0.389. The Bertz CT molecular complexity index is 522. The Balaban J connectivity index is 1.95. The topological polar surface area (TPSA) is 55.1 Å². The third-order valence-corrected chi connectivity index (χ3v) is 4.88. The number of hydrogen-bond acceptors (Lipinski definition) is 3. The van der Waals surface area contributed by atoms with Gasteiger partial charge in [-0.1, -0.05) is 17.7 Å². The van der Waals surface area contributed by atoms with Gasteiger partial charge in [-0.3, -0.25) is 4.79 Å². The molecule has 1 saturated carbocycles. The van der Waals surface area contributed by atoms with Gasteiger partial charge in [-0.15, -0.1) is 0 Å². The normalized spacial score (nSPS) is 17.3. The van der Waals surface area contributed by atoms with Crippen LogP contribution >= 0.6 is 23.4 Å². The van der Waals surface area contributed by atoms with Crippen LogP contribution in [0.3, 0.4) is 0 Å². The maximum absolute atomic E-state index is 13.1. The highest BCUT2D eigenvalue weighted by atomic mass is 35.5. The van der Waals surface area contributed by atoms with Crippen LogP contribution < -0.4 is 11.1 Å². The zero-order chi connectivity index (χ0) is 15.5. The predicted molar refractivity (Wildman–Crippen MR) is 86.3 cm³/mol. The average molecular weight is 331 g/mol. The fourth-order valence-electron chi connectivity index (χ4n) is 2.38. The average Bonchev–Trinajstić information content (AvgIpc) is 3.23. The second-order valence-corrected chi connectivity index (χ2v) is 6.90. The van der Waals surface area contributed by atoms with Gasteiger partial charge in [0.25, 0.3) is 0 Å². The lowest BCUT2D eigenvalue weighted by Gasteiger charge is -2.19. The molecule has 0 radical (unpaired) electrons. The van der Waals surface area contributed by atoms with Crippen molar-refractivity contribution in [3.63, 3.8) is 0 Å². The molecule has 3 nitrogen and oxygen atoms in total. The van der Waals surface area contributed by atoms with Crippen molar-refractivity contribution in [3.05, 3.63) is 34.6 Å². The minimum Gasteiger partial charge on any atom is -0.354 e. The lowest BCUT2D eigenvalue weighted by atomic mass is 9.95. The van der Waals surface area contributed by atoms with Crippen LogP contribution in [0.15, 0.2) is 18.2 Å². The van der Waals surface area contributed by atoms with E-state index in [1.54, 1.807) is 17.8 Å². The summed E-state index contributed by atoms with van der Waals surface area (Å²) in [4.78, 5) is 12.0. The number of nitrogens with two attached hydrogens (primary N) is 1. The monoisotopic (exact) mass is 330 g/mol. The lowest BCUT2D eigenvalue weighted by molar-refractivity contribution is -0.122. The van der Waals surface area contributed by atoms with Crippen molar-refractivity contribution in [3.8, 4) is 0 Å². The third kappa shape index (κ3) is 4.11. The first-order valence-corrected chi connectivity index (χ1v) is 8.73. The highest BCUT2D eigenvalue weighted by Gasteiger charge is 2.45. The third-order valence-electron chi connectivity index (χ3n) is 3.93. The van der Waals surface area contributed by atoms with E-state index in [4.69, 9.17) is 17.3 Å². The van der Waals surface area contributed by atoms with Crippen molar-refractivity contribution >= 4 is 29.3 Å². The molecule has 1 aliphatic rings. The van der Waals surface area contributed by atoms with Crippen LogP contribution in [0.4, 0.5) is 4.39 Å². The molecule has 1 aromatic carbocycles. The van der Waals surface area contributed by atoms with Crippen LogP contribution in [0.2, 0.25) is 5.02 Å². The fraction of sp³-hybridized carbons (Fsp3) is 0.533. The van der Waals surface area contributed by atoms with Crippen molar-refractivity contribution in [1.29, 1.82) is 0 Å². The number of carbonyl (C=O) groups is 1. The Morgan fingerprint density at radius 1 is 1.57 bits per heavy atom. The number of amides is 1. The Labute approximate surface area is 133 Å². The molecule has 116 valence electrons. The van der Waals surface area contributed by atoms with E-state index in [1.165, 1.54) is 12.1 Å². The zero-order valence-electron chi connectivity index (χ0n) is 12.0. The van der Waals surface area contributed by atoms with Gasteiger partial charge < -0.3 is 11.1 Å². The van der Waals surface area contributed by atoms with Gasteiger partial charge in [0, 0.05) is 17.0 Å². The van der Waals surface area contributed by atoms with Gasteiger partial charge in [-0.25, -0.2) is 4.39 Å². The molecule has 0 bridgehead atoms. The maximum Gasteiger partial charge on any atom is 0.236 e. The minimum absolute atomic E-state index is 0.131. The number of halogens is 2. The largest absolute Gasteiger partial charge is 0.354 e. The number of hydrogen-bond donors (Lipinski definition) is 2. The SMILES string of the molecule is CSCCC(N)C(=O)NCC1(c2ccc(F)cc2Cl)CC1. The molecule has 3 N–H and O–H groups in total. The second kappa shape index (κ2) is 6.99. The van der Waals surface area contributed by atoms with Crippen LogP contribution in [0, 0.1) is 5.82 Å². The molecule has 1 amide bonds. The first-order valence-electron chi connectivity index (χ1n) is 6.96. The number of thioether (sulfide) groups is 1. The van der Waals surface area contributed by atoms with Gasteiger partial charge in [-0.2, -0.15) is 11.8 Å². The lowest BCUT2D eigenvalue weighted by Crippen LogP contribution is -2.43. The molecule has 0 aliphatic heterocycles. The van der Waals surface area contributed by atoms with Gasteiger partial charge in [-0.05, 0) is 49.0 Å². The summed E-state index contributed by atoms with van der Waals surface area (Å²) in [5.41, 5.74) is 6.59. The molecular formula is C15H20ClFN2OS. The van der Waals surface area contributed by atoms with Crippen molar-refractivity contribution in [1.82, 2.24) is 5.32 Å². The summed E-state index contributed by atoms with van der Waals surface area (Å²) in [5, 5.41) is 3.33. The van der Waals surface area contributed by atoms with Crippen molar-refractivity contribution in [2.75, 3.05) is 18.6 Å². The quantitative estimate of drug-likeness (QED) is 0.808. The summed E-state index contributed by atoms with van der Waals surface area (Å²) >= 11 is 7.79. The van der Waals surface area contributed by atoms with Crippen LogP contribution in [-0.4, -0.2) is 30.5 Å². The van der Waals surface area contributed by atoms with Crippen LogP contribution in [-0.2, 0) is 10.2 Å². The molecule has 1 fully saturated rings. The van der Waals surface area contributed by atoms with E-state index in [1.807, 2.05) is 6.26 Å². The van der Waals surface area contributed by atoms with E-state index in [9.17, 15) is 9.18 Å². The molecule has 0 heterocycles. The highest BCUT2D eigenvalue weighted by molar-refractivity contribution is 7.98. The molecule has 1 aromatic rings. The van der Waals surface area contributed by atoms with Gasteiger partial charge >= 0.3 is 0 Å². The van der Waals surface area contributed by atoms with Crippen LogP contribution in [0.1, 0.15) is 24.8 Å². The Kier molecular flexibility index (Phi) is 5.52. The number of carbonyl (C=O) groups excluding carboxylic acids is 1. The minimum atomic E-state index is -0.475. The molecule has 0 spiro atoms. The van der Waals surface area contributed by atoms with Crippen molar-refractivity contribution in [2.45, 2.75) is 30.7 Å². The molecule has 1 unspecified atom stereocenters. The first kappa shape index (κ1) is 16.6. The summed E-state index contributed by atoms with van der Waals surface area (Å²) < 4.78 is 13.1. The predicted octanol–water partition coefficient (Wildman–Crippen LogP) is 2.71. The van der Waals surface area contributed by atoms with Gasteiger partial charge in [0.15, 0.2) is 0 Å². The molecule has 0 saturated heterocycles. The summed E-state index contributed by atoms with van der Waals surface area (Å²) in [6, 6.07) is 3.97. The maximum atomic E-state index is 13.1. The van der Waals surface area contributed by atoms with E-state index < -0.39 is 6.04 Å². The molecule has 6 heteroatoms.